The van der Waals surface area contributed by atoms with E-state index in [1.54, 1.807) is 0 Å². The van der Waals surface area contributed by atoms with Crippen LogP contribution in [0.2, 0.25) is 0 Å². The summed E-state index contributed by atoms with van der Waals surface area (Å²) < 4.78 is 5.11. The maximum absolute atomic E-state index is 11.4. The van der Waals surface area contributed by atoms with Crippen molar-refractivity contribution in [2.24, 2.45) is 11.1 Å². The van der Waals surface area contributed by atoms with E-state index in [0.29, 0.717) is 6.54 Å². The first kappa shape index (κ1) is 13.3. The molecule has 0 unspecified atom stereocenters. The van der Waals surface area contributed by atoms with Gasteiger partial charge in [-0.15, -0.1) is 0 Å². The van der Waals surface area contributed by atoms with Gasteiger partial charge in [-0.3, -0.25) is 0 Å². The summed E-state index contributed by atoms with van der Waals surface area (Å²) in [7, 11) is 0. The Labute approximate surface area is 96.3 Å². The third-order valence-corrected chi connectivity index (χ3v) is 2.73. The van der Waals surface area contributed by atoms with Crippen molar-refractivity contribution in [3.63, 3.8) is 0 Å². The number of nitrogens with two attached hydrogens (primary N) is 1. The number of aliphatic hydroxyl groups excluding tert-OH is 1. The second kappa shape index (κ2) is 4.59. The number of amides is 1. The highest BCUT2D eigenvalue weighted by atomic mass is 16.6. The molecule has 1 fully saturated rings. The molecule has 0 spiro atoms. The summed E-state index contributed by atoms with van der Waals surface area (Å²) in [6, 6.07) is 0.146. The van der Waals surface area contributed by atoms with E-state index >= 15 is 0 Å². The van der Waals surface area contributed by atoms with Gasteiger partial charge >= 0.3 is 6.09 Å². The van der Waals surface area contributed by atoms with Crippen molar-refractivity contribution in [1.82, 2.24) is 5.32 Å². The van der Waals surface area contributed by atoms with Crippen LogP contribution in [-0.4, -0.2) is 36.0 Å². The fraction of sp³-hybridized carbons (Fsp3) is 0.909. The molecule has 1 saturated carbocycles. The lowest BCUT2D eigenvalue weighted by atomic mass is 9.66. The molecule has 4 N–H and O–H groups in total. The number of nitrogens with one attached hydrogen (secondary N) is 1. The van der Waals surface area contributed by atoms with Crippen LogP contribution >= 0.6 is 0 Å². The first-order valence-corrected chi connectivity index (χ1v) is 5.60. The van der Waals surface area contributed by atoms with E-state index in [0.717, 1.165) is 12.8 Å². The first-order chi connectivity index (χ1) is 7.26. The SMILES string of the molecule is CC(C)(C)OC(=O)NC[C@]1(CO)C[C@@H](N)C1. The number of ether oxygens (including phenoxy) is 1. The van der Waals surface area contributed by atoms with Crippen molar-refractivity contribution in [2.45, 2.75) is 45.3 Å². The van der Waals surface area contributed by atoms with Gasteiger partial charge in [-0.1, -0.05) is 0 Å². The molecule has 16 heavy (non-hydrogen) atoms. The Morgan fingerprint density at radius 3 is 2.50 bits per heavy atom. The third-order valence-electron chi connectivity index (χ3n) is 2.73. The Morgan fingerprint density at radius 2 is 2.12 bits per heavy atom. The summed E-state index contributed by atoms with van der Waals surface area (Å²) >= 11 is 0. The number of alkyl carbamates (subject to hydrolysis) is 1. The Hall–Kier alpha value is -0.810. The molecule has 0 saturated heterocycles. The lowest BCUT2D eigenvalue weighted by Crippen LogP contribution is -2.54. The highest BCUT2D eigenvalue weighted by Crippen LogP contribution is 2.38. The van der Waals surface area contributed by atoms with E-state index in [1.165, 1.54) is 0 Å². The van der Waals surface area contributed by atoms with E-state index < -0.39 is 11.7 Å². The van der Waals surface area contributed by atoms with Gasteiger partial charge in [0.25, 0.3) is 0 Å². The van der Waals surface area contributed by atoms with Crippen LogP contribution in [0.3, 0.4) is 0 Å². The number of carbonyl (C=O) groups is 1. The summed E-state index contributed by atoms with van der Waals surface area (Å²) in [4.78, 5) is 11.4. The van der Waals surface area contributed by atoms with Crippen LogP contribution in [0.15, 0.2) is 0 Å². The van der Waals surface area contributed by atoms with Crippen molar-refractivity contribution in [3.05, 3.63) is 0 Å². The molecule has 0 aliphatic heterocycles. The van der Waals surface area contributed by atoms with Crippen LogP contribution in [-0.2, 0) is 4.74 Å². The molecular weight excluding hydrogens is 208 g/mol. The molecule has 0 aromatic rings. The van der Waals surface area contributed by atoms with Gasteiger partial charge in [0.15, 0.2) is 0 Å². The molecule has 1 amide bonds. The summed E-state index contributed by atoms with van der Waals surface area (Å²) in [5.41, 5.74) is 4.95. The minimum Gasteiger partial charge on any atom is -0.444 e. The van der Waals surface area contributed by atoms with E-state index in [4.69, 9.17) is 10.5 Å². The molecule has 5 nitrogen and oxygen atoms in total. The number of hydrogen-bond donors (Lipinski definition) is 3. The second-order valence-corrected chi connectivity index (χ2v) is 5.68. The number of aliphatic hydroxyl groups is 1. The zero-order valence-electron chi connectivity index (χ0n) is 10.2. The molecule has 5 heteroatoms. The standard InChI is InChI=1S/C11H22N2O3/c1-10(2,3)16-9(15)13-6-11(7-14)4-8(12)5-11/h8,14H,4-7,12H2,1-3H3,(H,13,15)/t8-,11+. The Morgan fingerprint density at radius 1 is 1.56 bits per heavy atom. The second-order valence-electron chi connectivity index (χ2n) is 5.68. The van der Waals surface area contributed by atoms with Crippen molar-refractivity contribution >= 4 is 6.09 Å². The molecule has 0 aromatic heterocycles. The predicted octanol–water partition coefficient (Wildman–Crippen LogP) is 0.611. The van der Waals surface area contributed by atoms with Gasteiger partial charge in [-0.05, 0) is 33.6 Å². The van der Waals surface area contributed by atoms with Crippen LogP contribution in [0.1, 0.15) is 33.6 Å². The third kappa shape index (κ3) is 3.64. The first-order valence-electron chi connectivity index (χ1n) is 5.60. The highest BCUT2D eigenvalue weighted by molar-refractivity contribution is 5.67. The summed E-state index contributed by atoms with van der Waals surface area (Å²) in [5.74, 6) is 0. The van der Waals surface area contributed by atoms with E-state index in [2.05, 4.69) is 5.32 Å². The lowest BCUT2D eigenvalue weighted by Gasteiger charge is -2.45. The molecule has 1 rings (SSSR count). The molecule has 0 bridgehead atoms. The normalized spacial score (nSPS) is 29.4. The van der Waals surface area contributed by atoms with Gasteiger partial charge < -0.3 is 20.9 Å². The van der Waals surface area contributed by atoms with Crippen molar-refractivity contribution in [2.75, 3.05) is 13.2 Å². The predicted molar refractivity (Wildman–Crippen MR) is 61.0 cm³/mol. The minimum absolute atomic E-state index is 0.0521. The summed E-state index contributed by atoms with van der Waals surface area (Å²) in [6.45, 7) is 5.91. The Balaban J connectivity index is 2.31. The average molecular weight is 230 g/mol. The number of rotatable bonds is 3. The van der Waals surface area contributed by atoms with E-state index in [9.17, 15) is 9.90 Å². The van der Waals surface area contributed by atoms with Gasteiger partial charge in [-0.25, -0.2) is 4.79 Å². The van der Waals surface area contributed by atoms with Crippen LogP contribution in [0.5, 0.6) is 0 Å². The van der Waals surface area contributed by atoms with E-state index in [1.807, 2.05) is 20.8 Å². The monoisotopic (exact) mass is 230 g/mol. The fourth-order valence-electron chi connectivity index (χ4n) is 1.96. The molecular formula is C11H22N2O3. The number of carbonyl (C=O) groups excluding carboxylic acids is 1. The van der Waals surface area contributed by atoms with Crippen molar-refractivity contribution in [3.8, 4) is 0 Å². The van der Waals surface area contributed by atoms with Crippen molar-refractivity contribution < 1.29 is 14.6 Å². The maximum Gasteiger partial charge on any atom is 0.407 e. The number of hydrogen-bond acceptors (Lipinski definition) is 4. The minimum atomic E-state index is -0.494. The smallest absolute Gasteiger partial charge is 0.407 e. The van der Waals surface area contributed by atoms with Crippen LogP contribution in [0.25, 0.3) is 0 Å². The summed E-state index contributed by atoms with van der Waals surface area (Å²) in [6.07, 6.45) is 1.05. The summed E-state index contributed by atoms with van der Waals surface area (Å²) in [5, 5.41) is 11.9. The highest BCUT2D eigenvalue weighted by Gasteiger charge is 2.42. The van der Waals surface area contributed by atoms with Gasteiger partial charge in [0.05, 0.1) is 6.61 Å². The van der Waals surface area contributed by atoms with Gasteiger partial charge in [-0.2, -0.15) is 0 Å². The molecule has 0 aromatic carbocycles. The quantitative estimate of drug-likeness (QED) is 0.663. The maximum atomic E-state index is 11.4. The van der Waals surface area contributed by atoms with Crippen LogP contribution in [0, 0.1) is 5.41 Å². The fourth-order valence-corrected chi connectivity index (χ4v) is 1.96. The lowest BCUT2D eigenvalue weighted by molar-refractivity contribution is 0.0171. The molecule has 0 atom stereocenters. The zero-order chi connectivity index (χ0) is 12.4. The van der Waals surface area contributed by atoms with Crippen LogP contribution < -0.4 is 11.1 Å². The van der Waals surface area contributed by atoms with E-state index in [-0.39, 0.29) is 18.1 Å². The molecule has 94 valence electrons. The topological polar surface area (TPSA) is 84.6 Å². The largest absolute Gasteiger partial charge is 0.444 e. The average Bonchev–Trinajstić information content (AvgIpc) is 2.07. The van der Waals surface area contributed by atoms with Gasteiger partial charge in [0, 0.05) is 18.0 Å². The van der Waals surface area contributed by atoms with Gasteiger partial charge in [0.1, 0.15) is 5.60 Å². The Kier molecular flexibility index (Phi) is 3.80. The molecule has 1 aliphatic rings. The molecule has 1 aliphatic carbocycles. The molecule has 0 radical (unpaired) electrons. The molecule has 0 heterocycles. The van der Waals surface area contributed by atoms with Gasteiger partial charge in [0.2, 0.25) is 0 Å². The van der Waals surface area contributed by atoms with Crippen molar-refractivity contribution in [1.29, 1.82) is 0 Å². The Bertz CT molecular complexity index is 254. The zero-order valence-corrected chi connectivity index (χ0v) is 10.2. The van der Waals surface area contributed by atoms with Crippen LogP contribution in [0.4, 0.5) is 4.79 Å².